The van der Waals surface area contributed by atoms with E-state index in [1.807, 2.05) is 0 Å². The largest absolute Gasteiger partial charge is 0.489 e. The van der Waals surface area contributed by atoms with Crippen LogP contribution >= 0.6 is 15.9 Å². The fourth-order valence-corrected chi connectivity index (χ4v) is 2.59. The molecule has 6 heteroatoms. The van der Waals surface area contributed by atoms with Crippen molar-refractivity contribution in [2.45, 2.75) is 25.9 Å². The Morgan fingerprint density at radius 1 is 1.58 bits per heavy atom. The van der Waals surface area contributed by atoms with Crippen LogP contribution < -0.4 is 15.6 Å². The molecule has 104 valence electrons. The molecule has 1 N–H and O–H groups in total. The predicted molar refractivity (Wildman–Crippen MR) is 75.2 cm³/mol. The average Bonchev–Trinajstić information content (AvgIpc) is 2.27. The van der Waals surface area contributed by atoms with Crippen LogP contribution in [0.25, 0.3) is 0 Å². The lowest BCUT2D eigenvalue weighted by Crippen LogP contribution is -2.40. The number of hydrogen-bond acceptors (Lipinski definition) is 3. The number of carbonyl (C=O) groups excluding carboxylic acids is 1. The normalized spacial score (nSPS) is 21.6. The Labute approximate surface area is 120 Å². The molecule has 0 bridgehead atoms. The molecule has 19 heavy (non-hydrogen) atoms. The van der Waals surface area contributed by atoms with Crippen LogP contribution in [0.5, 0.6) is 5.75 Å². The van der Waals surface area contributed by atoms with Crippen molar-refractivity contribution < 1.29 is 9.53 Å². The zero-order valence-corrected chi connectivity index (χ0v) is 12.6. The van der Waals surface area contributed by atoms with Crippen LogP contribution in [0.4, 0.5) is 0 Å². The molecule has 1 fully saturated rings. The summed E-state index contributed by atoms with van der Waals surface area (Å²) in [6, 6.07) is 1.49. The Bertz CT molecular complexity index is 535. The van der Waals surface area contributed by atoms with Crippen LogP contribution in [-0.4, -0.2) is 23.1 Å². The lowest BCUT2D eigenvalue weighted by atomic mass is 9.82. The van der Waals surface area contributed by atoms with Crippen molar-refractivity contribution in [3.05, 3.63) is 27.1 Å². The number of nitrogens with one attached hydrogen (secondary N) is 1. The second-order valence-corrected chi connectivity index (χ2v) is 5.80. The summed E-state index contributed by atoms with van der Waals surface area (Å²) >= 11 is 3.39. The number of aromatic nitrogens is 1. The first kappa shape index (κ1) is 14.1. The minimum absolute atomic E-state index is 0.00123. The Balaban J connectivity index is 1.86. The zero-order valence-electron chi connectivity index (χ0n) is 11.0. The number of pyridine rings is 1. The van der Waals surface area contributed by atoms with Gasteiger partial charge in [0.25, 0.3) is 5.56 Å². The van der Waals surface area contributed by atoms with Crippen LogP contribution in [0.2, 0.25) is 0 Å². The summed E-state index contributed by atoms with van der Waals surface area (Å²) in [5.41, 5.74) is -0.0904. The quantitative estimate of drug-likeness (QED) is 0.909. The Morgan fingerprint density at radius 2 is 2.26 bits per heavy atom. The third-order valence-corrected chi connectivity index (χ3v) is 3.87. The van der Waals surface area contributed by atoms with Gasteiger partial charge in [0.15, 0.2) is 0 Å². The molecule has 0 aromatic carbocycles. The third kappa shape index (κ3) is 3.59. The molecule has 1 aliphatic rings. The summed E-state index contributed by atoms with van der Waals surface area (Å²) in [5, 5.41) is 2.80. The minimum atomic E-state index is -0.0904. The maximum atomic E-state index is 11.5. The Kier molecular flexibility index (Phi) is 4.29. The molecule has 1 aliphatic carbocycles. The van der Waals surface area contributed by atoms with Gasteiger partial charge in [-0.2, -0.15) is 0 Å². The molecule has 2 rings (SSSR count). The fourth-order valence-electron chi connectivity index (χ4n) is 2.08. The van der Waals surface area contributed by atoms with Crippen molar-refractivity contribution in [3.63, 3.8) is 0 Å². The minimum Gasteiger partial charge on any atom is -0.489 e. The lowest BCUT2D eigenvalue weighted by molar-refractivity contribution is -0.119. The number of aryl methyl sites for hydroxylation is 1. The van der Waals surface area contributed by atoms with Crippen LogP contribution in [-0.2, 0) is 11.8 Å². The summed E-state index contributed by atoms with van der Waals surface area (Å²) in [4.78, 5) is 22.3. The van der Waals surface area contributed by atoms with Crippen LogP contribution in [0, 0.1) is 5.92 Å². The van der Waals surface area contributed by atoms with E-state index in [0.717, 1.165) is 17.3 Å². The van der Waals surface area contributed by atoms with E-state index < -0.39 is 0 Å². The van der Waals surface area contributed by atoms with E-state index in [9.17, 15) is 9.59 Å². The maximum Gasteiger partial charge on any atom is 0.254 e. The molecule has 1 heterocycles. The van der Waals surface area contributed by atoms with Crippen molar-refractivity contribution in [1.29, 1.82) is 0 Å². The molecule has 0 saturated heterocycles. The molecule has 1 aromatic heterocycles. The number of halogens is 1. The van der Waals surface area contributed by atoms with Crippen molar-refractivity contribution in [3.8, 4) is 5.75 Å². The summed E-state index contributed by atoms with van der Waals surface area (Å²) in [6.07, 6.45) is 3.64. The molecule has 1 aromatic rings. The SMILES string of the molecule is CC(=O)NCC1CC(Oc2cc(=O)n(C)cc2Br)C1. The molecule has 0 spiro atoms. The fraction of sp³-hybridized carbons (Fsp3) is 0.538. The highest BCUT2D eigenvalue weighted by atomic mass is 79.9. The first-order valence-electron chi connectivity index (χ1n) is 6.23. The van der Waals surface area contributed by atoms with E-state index in [2.05, 4.69) is 21.2 Å². The monoisotopic (exact) mass is 328 g/mol. The van der Waals surface area contributed by atoms with Crippen molar-refractivity contribution in [1.82, 2.24) is 9.88 Å². The second kappa shape index (κ2) is 5.77. The van der Waals surface area contributed by atoms with Gasteiger partial charge in [0.1, 0.15) is 5.75 Å². The van der Waals surface area contributed by atoms with Gasteiger partial charge in [-0.05, 0) is 34.7 Å². The molecule has 1 saturated carbocycles. The van der Waals surface area contributed by atoms with Crippen LogP contribution in [0.1, 0.15) is 19.8 Å². The predicted octanol–water partition coefficient (Wildman–Crippen LogP) is 1.44. The van der Waals surface area contributed by atoms with E-state index in [4.69, 9.17) is 4.74 Å². The molecule has 0 aliphatic heterocycles. The van der Waals surface area contributed by atoms with E-state index in [1.54, 1.807) is 13.2 Å². The third-order valence-electron chi connectivity index (χ3n) is 3.27. The Hall–Kier alpha value is -1.30. The smallest absolute Gasteiger partial charge is 0.254 e. The number of carbonyl (C=O) groups is 1. The molecular formula is C13H17BrN2O3. The number of ether oxygens (including phenoxy) is 1. The highest BCUT2D eigenvalue weighted by Crippen LogP contribution is 2.33. The van der Waals surface area contributed by atoms with Crippen LogP contribution in [0.3, 0.4) is 0 Å². The van der Waals surface area contributed by atoms with Gasteiger partial charge in [0, 0.05) is 32.8 Å². The first-order valence-corrected chi connectivity index (χ1v) is 7.02. The highest BCUT2D eigenvalue weighted by Gasteiger charge is 2.31. The maximum absolute atomic E-state index is 11.5. The van der Waals surface area contributed by atoms with Gasteiger partial charge < -0.3 is 14.6 Å². The summed E-state index contributed by atoms with van der Waals surface area (Å²) < 4.78 is 8.06. The number of nitrogens with zero attached hydrogens (tertiary/aromatic N) is 1. The van der Waals surface area contributed by atoms with Gasteiger partial charge in [-0.1, -0.05) is 0 Å². The summed E-state index contributed by atoms with van der Waals surface area (Å²) in [6.45, 7) is 2.22. The first-order chi connectivity index (χ1) is 8.95. The molecule has 0 atom stereocenters. The van der Waals surface area contributed by atoms with Gasteiger partial charge >= 0.3 is 0 Å². The van der Waals surface area contributed by atoms with E-state index in [1.165, 1.54) is 17.6 Å². The number of amides is 1. The van der Waals surface area contributed by atoms with E-state index in [-0.39, 0.29) is 17.6 Å². The van der Waals surface area contributed by atoms with E-state index >= 15 is 0 Å². The average molecular weight is 329 g/mol. The van der Waals surface area contributed by atoms with Gasteiger partial charge in [-0.15, -0.1) is 0 Å². The molecule has 5 nitrogen and oxygen atoms in total. The summed E-state index contributed by atoms with van der Waals surface area (Å²) in [7, 11) is 1.70. The van der Waals surface area contributed by atoms with Gasteiger partial charge in [-0.25, -0.2) is 0 Å². The van der Waals surface area contributed by atoms with E-state index in [0.29, 0.717) is 18.2 Å². The van der Waals surface area contributed by atoms with Crippen molar-refractivity contribution in [2.75, 3.05) is 6.54 Å². The molecule has 0 radical (unpaired) electrons. The van der Waals surface area contributed by atoms with Gasteiger partial charge in [0.2, 0.25) is 5.91 Å². The number of rotatable bonds is 4. The van der Waals surface area contributed by atoms with Gasteiger partial charge in [-0.3, -0.25) is 9.59 Å². The standard InChI is InChI=1S/C13H17BrN2O3/c1-8(17)15-6-9-3-10(4-9)19-12-5-13(18)16(2)7-11(12)14/h5,7,9-10H,3-4,6H2,1-2H3,(H,15,17). The lowest BCUT2D eigenvalue weighted by Gasteiger charge is -2.35. The van der Waals surface area contributed by atoms with Crippen LogP contribution in [0.15, 0.2) is 21.5 Å². The second-order valence-electron chi connectivity index (χ2n) is 4.95. The zero-order chi connectivity index (χ0) is 14.0. The summed E-state index contributed by atoms with van der Waals surface area (Å²) in [5.74, 6) is 1.06. The van der Waals surface area contributed by atoms with Gasteiger partial charge in [0.05, 0.1) is 10.6 Å². The molecular weight excluding hydrogens is 312 g/mol. The molecule has 1 amide bonds. The number of hydrogen-bond donors (Lipinski definition) is 1. The Morgan fingerprint density at radius 3 is 2.89 bits per heavy atom. The highest BCUT2D eigenvalue weighted by molar-refractivity contribution is 9.10. The van der Waals surface area contributed by atoms with Crippen molar-refractivity contribution >= 4 is 21.8 Å². The molecule has 0 unspecified atom stereocenters. The van der Waals surface area contributed by atoms with Crippen molar-refractivity contribution in [2.24, 2.45) is 13.0 Å². The topological polar surface area (TPSA) is 60.3 Å².